The van der Waals surface area contributed by atoms with Crippen molar-refractivity contribution in [1.82, 2.24) is 4.67 Å². The fourth-order valence-corrected chi connectivity index (χ4v) is 2.19. The van der Waals surface area contributed by atoms with E-state index in [0.29, 0.717) is 6.61 Å². The predicted octanol–water partition coefficient (Wildman–Crippen LogP) is 2.82. The van der Waals surface area contributed by atoms with Gasteiger partial charge in [0.05, 0.1) is 6.61 Å². The zero-order valence-corrected chi connectivity index (χ0v) is 10.3. The molecule has 0 bridgehead atoms. The van der Waals surface area contributed by atoms with E-state index in [1.807, 2.05) is 20.8 Å². The van der Waals surface area contributed by atoms with Crippen LogP contribution in [0, 0.1) is 11.1 Å². The molecule has 5 heteroatoms. The lowest BCUT2D eigenvalue weighted by molar-refractivity contribution is 0.262. The van der Waals surface area contributed by atoms with E-state index < -0.39 is 7.52 Å². The van der Waals surface area contributed by atoms with Crippen LogP contribution in [0.25, 0.3) is 0 Å². The summed E-state index contributed by atoms with van der Waals surface area (Å²) in [5.74, 6) is 1.78. The summed E-state index contributed by atoms with van der Waals surface area (Å²) in [6.45, 7) is 6.17. The monoisotopic (exact) mass is 218 g/mol. The number of rotatable bonds is 6. The summed E-state index contributed by atoms with van der Waals surface area (Å²) in [6, 6.07) is 0.0436. The number of hydrogen-bond acceptors (Lipinski definition) is 3. The Morgan fingerprint density at radius 2 is 2.14 bits per heavy atom. The van der Waals surface area contributed by atoms with Crippen LogP contribution in [0.2, 0.25) is 0 Å². The first-order valence-corrected chi connectivity index (χ1v) is 6.45. The van der Waals surface area contributed by atoms with Crippen molar-refractivity contribution in [2.24, 2.45) is 0 Å². The van der Waals surface area contributed by atoms with Crippen LogP contribution in [0.1, 0.15) is 33.6 Å². The van der Waals surface area contributed by atoms with Crippen molar-refractivity contribution in [3.8, 4) is 5.81 Å². The lowest BCUT2D eigenvalue weighted by Gasteiger charge is -2.25. The maximum Gasteiger partial charge on any atom is 0.371 e. The molecule has 0 fully saturated rings. The van der Waals surface area contributed by atoms with Crippen molar-refractivity contribution >= 4 is 7.52 Å². The molecule has 0 aromatic rings. The van der Waals surface area contributed by atoms with Crippen molar-refractivity contribution < 1.29 is 9.09 Å². The van der Waals surface area contributed by atoms with Gasteiger partial charge in [-0.15, -0.1) is 0 Å². The molecule has 0 saturated carbocycles. The van der Waals surface area contributed by atoms with Crippen LogP contribution in [0.4, 0.5) is 0 Å². The van der Waals surface area contributed by atoms with Gasteiger partial charge in [-0.1, -0.05) is 13.3 Å². The van der Waals surface area contributed by atoms with E-state index in [4.69, 9.17) is 9.79 Å². The summed E-state index contributed by atoms with van der Waals surface area (Å²) in [4.78, 5) is 0. The average molecular weight is 218 g/mol. The highest BCUT2D eigenvalue weighted by Crippen LogP contribution is 2.49. The third kappa shape index (κ3) is 3.79. The van der Waals surface area contributed by atoms with Gasteiger partial charge in [0.15, 0.2) is 5.81 Å². The fourth-order valence-electron chi connectivity index (χ4n) is 0.827. The zero-order chi connectivity index (χ0) is 11.2. The lowest BCUT2D eigenvalue weighted by atomic mass is 10.4. The van der Waals surface area contributed by atoms with Gasteiger partial charge < -0.3 is 4.52 Å². The maximum absolute atomic E-state index is 11.9. The van der Waals surface area contributed by atoms with Crippen LogP contribution < -0.4 is 0 Å². The first kappa shape index (κ1) is 13.6. The summed E-state index contributed by atoms with van der Waals surface area (Å²) in [5, 5.41) is 8.82. The van der Waals surface area contributed by atoms with Crippen LogP contribution in [-0.4, -0.2) is 24.4 Å². The zero-order valence-electron chi connectivity index (χ0n) is 9.36. The summed E-state index contributed by atoms with van der Waals surface area (Å²) in [7, 11) is -1.58. The Kier molecular flexibility index (Phi) is 6.03. The molecule has 0 radical (unpaired) electrons. The molecular weight excluding hydrogens is 199 g/mol. The summed E-state index contributed by atoms with van der Waals surface area (Å²) in [5.41, 5.74) is 0. The van der Waals surface area contributed by atoms with Gasteiger partial charge >= 0.3 is 7.52 Å². The first-order chi connectivity index (χ1) is 6.48. The third-order valence-corrected chi connectivity index (χ3v) is 4.13. The minimum absolute atomic E-state index is 0.0436. The van der Waals surface area contributed by atoms with Crippen LogP contribution in [0.3, 0.4) is 0 Å². The molecule has 14 heavy (non-hydrogen) atoms. The number of unbranched alkanes of at least 4 members (excludes halogenated alkanes) is 1. The van der Waals surface area contributed by atoms with E-state index >= 15 is 0 Å². The molecule has 0 aliphatic rings. The summed E-state index contributed by atoms with van der Waals surface area (Å²) < 4.78 is 18.6. The Labute approximate surface area is 86.4 Å². The van der Waals surface area contributed by atoms with Crippen LogP contribution in [0.15, 0.2) is 0 Å². The highest BCUT2D eigenvalue weighted by atomic mass is 31.2. The average Bonchev–Trinajstić information content (AvgIpc) is 2.16. The smallest absolute Gasteiger partial charge is 0.307 e. The van der Waals surface area contributed by atoms with Crippen LogP contribution in [-0.2, 0) is 9.09 Å². The molecule has 0 saturated heterocycles. The van der Waals surface area contributed by atoms with E-state index in [-0.39, 0.29) is 6.04 Å². The van der Waals surface area contributed by atoms with Gasteiger partial charge in [0, 0.05) is 6.04 Å². The van der Waals surface area contributed by atoms with Gasteiger partial charge in [-0.2, -0.15) is 5.26 Å². The third-order valence-electron chi connectivity index (χ3n) is 2.05. The molecule has 0 heterocycles. The van der Waals surface area contributed by atoms with Gasteiger partial charge in [-0.05, 0) is 27.3 Å². The fraction of sp³-hybridized carbons (Fsp3) is 0.889. The van der Waals surface area contributed by atoms with E-state index in [9.17, 15) is 4.57 Å². The van der Waals surface area contributed by atoms with Crippen molar-refractivity contribution in [3.05, 3.63) is 0 Å². The second-order valence-electron chi connectivity index (χ2n) is 3.47. The number of hydrogen-bond donors (Lipinski definition) is 0. The highest BCUT2D eigenvalue weighted by molar-refractivity contribution is 7.61. The van der Waals surface area contributed by atoms with E-state index in [1.54, 1.807) is 12.9 Å². The molecule has 0 aromatic heterocycles. The SMILES string of the molecule is CCCCOP(=O)(C#N)N(C)C(C)C. The van der Waals surface area contributed by atoms with E-state index in [1.165, 1.54) is 4.67 Å². The molecule has 0 aliphatic carbocycles. The van der Waals surface area contributed by atoms with Gasteiger partial charge in [0.2, 0.25) is 0 Å². The molecular formula is C9H19N2O2P. The Morgan fingerprint density at radius 3 is 2.50 bits per heavy atom. The minimum Gasteiger partial charge on any atom is -0.307 e. The van der Waals surface area contributed by atoms with Gasteiger partial charge in [0.1, 0.15) is 0 Å². The highest BCUT2D eigenvalue weighted by Gasteiger charge is 2.30. The molecule has 82 valence electrons. The molecule has 0 aromatic carbocycles. The van der Waals surface area contributed by atoms with Crippen LogP contribution >= 0.6 is 7.52 Å². The minimum atomic E-state index is -3.24. The molecule has 0 N–H and O–H groups in total. The molecule has 0 aliphatic heterocycles. The molecule has 1 unspecified atom stereocenters. The van der Waals surface area contributed by atoms with Crippen molar-refractivity contribution in [1.29, 1.82) is 5.26 Å². The second kappa shape index (κ2) is 6.19. The standard InChI is InChI=1S/C9H19N2O2P/c1-5-6-7-13-14(12,8-10)11(4)9(2)3/h9H,5-7H2,1-4H3. The number of nitrogens with zero attached hydrogens (tertiary/aromatic N) is 2. The largest absolute Gasteiger partial charge is 0.371 e. The molecule has 0 spiro atoms. The Bertz CT molecular complexity index is 248. The predicted molar refractivity (Wildman–Crippen MR) is 57.0 cm³/mol. The van der Waals surface area contributed by atoms with Gasteiger partial charge in [-0.25, -0.2) is 4.67 Å². The first-order valence-electron chi connectivity index (χ1n) is 4.87. The van der Waals surface area contributed by atoms with E-state index in [2.05, 4.69) is 0 Å². The molecule has 0 amide bonds. The second-order valence-corrected chi connectivity index (χ2v) is 5.60. The summed E-state index contributed by atoms with van der Waals surface area (Å²) in [6.07, 6.45) is 1.80. The topological polar surface area (TPSA) is 53.3 Å². The van der Waals surface area contributed by atoms with Crippen molar-refractivity contribution in [2.45, 2.75) is 39.7 Å². The van der Waals surface area contributed by atoms with Crippen LogP contribution in [0.5, 0.6) is 0 Å². The molecule has 4 nitrogen and oxygen atoms in total. The van der Waals surface area contributed by atoms with Gasteiger partial charge in [-0.3, -0.25) is 4.57 Å². The summed E-state index contributed by atoms with van der Waals surface area (Å²) >= 11 is 0. The normalized spacial score (nSPS) is 15.5. The molecule has 1 atom stereocenters. The Morgan fingerprint density at radius 1 is 1.57 bits per heavy atom. The van der Waals surface area contributed by atoms with Crippen molar-refractivity contribution in [2.75, 3.05) is 13.7 Å². The Balaban J connectivity index is 4.34. The van der Waals surface area contributed by atoms with E-state index in [0.717, 1.165) is 12.8 Å². The quantitative estimate of drug-likeness (QED) is 0.508. The lowest BCUT2D eigenvalue weighted by Crippen LogP contribution is -2.23. The van der Waals surface area contributed by atoms with Gasteiger partial charge in [0.25, 0.3) is 0 Å². The molecule has 0 rings (SSSR count). The maximum atomic E-state index is 11.9. The Hall–Kier alpha value is -0.360. The number of nitriles is 1. The van der Waals surface area contributed by atoms with Crippen molar-refractivity contribution in [3.63, 3.8) is 0 Å².